The van der Waals surface area contributed by atoms with Crippen LogP contribution in [0.4, 0.5) is 0 Å². The molecule has 0 spiro atoms. The minimum absolute atomic E-state index is 0.189. The van der Waals surface area contributed by atoms with Crippen LogP contribution in [0.3, 0.4) is 0 Å². The lowest BCUT2D eigenvalue weighted by Crippen LogP contribution is -2.29. The van der Waals surface area contributed by atoms with Crippen molar-refractivity contribution in [3.05, 3.63) is 46.0 Å². The summed E-state index contributed by atoms with van der Waals surface area (Å²) in [6.45, 7) is 9.34. The predicted molar refractivity (Wildman–Crippen MR) is 73.5 cm³/mol. The van der Waals surface area contributed by atoms with E-state index < -0.39 is 0 Å². The van der Waals surface area contributed by atoms with Gasteiger partial charge in [-0.1, -0.05) is 40.2 Å². The number of hydrogen-bond acceptors (Lipinski definition) is 2. The van der Waals surface area contributed by atoms with Crippen molar-refractivity contribution in [2.75, 3.05) is 13.1 Å². The van der Waals surface area contributed by atoms with Gasteiger partial charge in [0.15, 0.2) is 0 Å². The van der Waals surface area contributed by atoms with E-state index in [0.29, 0.717) is 6.54 Å². The lowest BCUT2D eigenvalue weighted by molar-refractivity contribution is 0.569. The quantitative estimate of drug-likeness (QED) is 0.815. The van der Waals surface area contributed by atoms with Crippen LogP contribution in [0.15, 0.2) is 34.8 Å². The van der Waals surface area contributed by atoms with Gasteiger partial charge in [-0.25, -0.2) is 0 Å². The Morgan fingerprint density at radius 3 is 2.75 bits per heavy atom. The van der Waals surface area contributed by atoms with Gasteiger partial charge in [0.25, 0.3) is 0 Å². The zero-order valence-corrected chi connectivity index (χ0v) is 11.5. The van der Waals surface area contributed by atoms with Gasteiger partial charge >= 0.3 is 0 Å². The standard InChI is InChI=1S/C13H19BrN2/c1-9(2)8-16-13(7-15)11-5-4-10(3)12(14)6-11/h4-6,13,16H,1,7-8,15H2,2-3H3. The third kappa shape index (κ3) is 3.74. The molecule has 88 valence electrons. The first kappa shape index (κ1) is 13.4. The molecule has 0 aliphatic heterocycles. The van der Waals surface area contributed by atoms with E-state index in [4.69, 9.17) is 5.73 Å². The molecule has 1 atom stereocenters. The van der Waals surface area contributed by atoms with E-state index >= 15 is 0 Å². The van der Waals surface area contributed by atoms with Crippen molar-refractivity contribution in [2.24, 2.45) is 5.73 Å². The van der Waals surface area contributed by atoms with Gasteiger partial charge in [-0.3, -0.25) is 0 Å². The molecule has 16 heavy (non-hydrogen) atoms. The lowest BCUT2D eigenvalue weighted by Gasteiger charge is -2.18. The first-order valence-electron chi connectivity index (χ1n) is 5.38. The van der Waals surface area contributed by atoms with E-state index in [1.807, 2.05) is 6.92 Å². The highest BCUT2D eigenvalue weighted by Crippen LogP contribution is 2.21. The van der Waals surface area contributed by atoms with Gasteiger partial charge in [-0.05, 0) is 31.0 Å². The van der Waals surface area contributed by atoms with E-state index in [-0.39, 0.29) is 6.04 Å². The van der Waals surface area contributed by atoms with Crippen LogP contribution in [-0.4, -0.2) is 13.1 Å². The number of benzene rings is 1. The molecule has 3 heteroatoms. The molecule has 0 fully saturated rings. The predicted octanol–water partition coefficient (Wildman–Crippen LogP) is 2.92. The van der Waals surface area contributed by atoms with Crippen molar-refractivity contribution >= 4 is 15.9 Å². The summed E-state index contributed by atoms with van der Waals surface area (Å²) in [5.74, 6) is 0. The Kier molecular flexibility index (Phi) is 5.19. The van der Waals surface area contributed by atoms with E-state index in [9.17, 15) is 0 Å². The summed E-state index contributed by atoms with van der Waals surface area (Å²) < 4.78 is 1.13. The van der Waals surface area contributed by atoms with E-state index in [1.54, 1.807) is 0 Å². The van der Waals surface area contributed by atoms with Gasteiger partial charge in [0, 0.05) is 23.6 Å². The SMILES string of the molecule is C=C(C)CNC(CN)c1ccc(C)c(Br)c1. The molecule has 0 aliphatic carbocycles. The molecule has 1 aromatic rings. The second kappa shape index (κ2) is 6.18. The molecule has 0 saturated heterocycles. The Morgan fingerprint density at radius 2 is 2.25 bits per heavy atom. The van der Waals surface area contributed by atoms with E-state index in [1.165, 1.54) is 11.1 Å². The van der Waals surface area contributed by atoms with Gasteiger partial charge in [-0.2, -0.15) is 0 Å². The first-order valence-corrected chi connectivity index (χ1v) is 6.17. The molecule has 0 amide bonds. The number of halogens is 1. The van der Waals surface area contributed by atoms with Crippen LogP contribution in [0.25, 0.3) is 0 Å². The van der Waals surface area contributed by atoms with Crippen molar-refractivity contribution in [3.8, 4) is 0 Å². The maximum absolute atomic E-state index is 5.77. The smallest absolute Gasteiger partial charge is 0.0447 e. The summed E-state index contributed by atoms with van der Waals surface area (Å²) in [6.07, 6.45) is 0. The fourth-order valence-electron chi connectivity index (χ4n) is 1.46. The molecule has 0 radical (unpaired) electrons. The summed E-state index contributed by atoms with van der Waals surface area (Å²) in [4.78, 5) is 0. The average Bonchev–Trinajstić information content (AvgIpc) is 2.23. The van der Waals surface area contributed by atoms with Crippen molar-refractivity contribution in [2.45, 2.75) is 19.9 Å². The molecular weight excluding hydrogens is 264 g/mol. The largest absolute Gasteiger partial charge is 0.329 e. The topological polar surface area (TPSA) is 38.0 Å². The van der Waals surface area contributed by atoms with Crippen LogP contribution in [0, 0.1) is 6.92 Å². The van der Waals surface area contributed by atoms with Gasteiger partial charge in [0.2, 0.25) is 0 Å². The Bertz CT molecular complexity index is 374. The van der Waals surface area contributed by atoms with E-state index in [2.05, 4.69) is 52.9 Å². The average molecular weight is 283 g/mol. The molecule has 0 bridgehead atoms. The molecule has 1 aromatic carbocycles. The highest BCUT2D eigenvalue weighted by molar-refractivity contribution is 9.10. The van der Waals surface area contributed by atoms with Crippen molar-refractivity contribution in [3.63, 3.8) is 0 Å². The molecule has 1 unspecified atom stereocenters. The molecular formula is C13H19BrN2. The van der Waals surface area contributed by atoms with Gasteiger partial charge in [0.1, 0.15) is 0 Å². The molecule has 0 saturated carbocycles. The van der Waals surface area contributed by atoms with Gasteiger partial charge < -0.3 is 11.1 Å². The fourth-order valence-corrected chi connectivity index (χ4v) is 1.86. The highest BCUT2D eigenvalue weighted by Gasteiger charge is 2.09. The highest BCUT2D eigenvalue weighted by atomic mass is 79.9. The van der Waals surface area contributed by atoms with Crippen molar-refractivity contribution in [1.29, 1.82) is 0 Å². The summed E-state index contributed by atoms with van der Waals surface area (Å²) in [5.41, 5.74) is 9.33. The summed E-state index contributed by atoms with van der Waals surface area (Å²) in [7, 11) is 0. The minimum Gasteiger partial charge on any atom is -0.329 e. The molecule has 0 aromatic heterocycles. The van der Waals surface area contributed by atoms with Crippen molar-refractivity contribution < 1.29 is 0 Å². The maximum atomic E-state index is 5.77. The molecule has 0 heterocycles. The van der Waals surface area contributed by atoms with Crippen LogP contribution in [0.1, 0.15) is 24.1 Å². The Morgan fingerprint density at radius 1 is 1.56 bits per heavy atom. The Labute approximate surface area is 106 Å². The molecule has 3 N–H and O–H groups in total. The third-order valence-corrected chi connectivity index (χ3v) is 3.34. The second-order valence-electron chi connectivity index (χ2n) is 4.13. The number of rotatable bonds is 5. The van der Waals surface area contributed by atoms with E-state index in [0.717, 1.165) is 16.6 Å². The first-order chi connectivity index (χ1) is 7.54. The monoisotopic (exact) mass is 282 g/mol. The van der Waals surface area contributed by atoms with Crippen LogP contribution >= 0.6 is 15.9 Å². The Hall–Kier alpha value is -0.640. The Balaban J connectivity index is 2.78. The van der Waals surface area contributed by atoms with Crippen LogP contribution in [-0.2, 0) is 0 Å². The lowest BCUT2D eigenvalue weighted by atomic mass is 10.1. The second-order valence-corrected chi connectivity index (χ2v) is 4.99. The minimum atomic E-state index is 0.189. The van der Waals surface area contributed by atoms with Crippen LogP contribution in [0.5, 0.6) is 0 Å². The fraction of sp³-hybridized carbons (Fsp3) is 0.385. The third-order valence-electron chi connectivity index (χ3n) is 2.48. The van der Waals surface area contributed by atoms with Gasteiger partial charge in [-0.15, -0.1) is 0 Å². The zero-order chi connectivity index (χ0) is 12.1. The van der Waals surface area contributed by atoms with Crippen LogP contribution in [0.2, 0.25) is 0 Å². The summed E-state index contributed by atoms with van der Waals surface area (Å²) in [6, 6.07) is 6.53. The molecule has 0 aliphatic rings. The number of hydrogen-bond donors (Lipinski definition) is 2. The van der Waals surface area contributed by atoms with Crippen LogP contribution < -0.4 is 11.1 Å². The number of aryl methyl sites for hydroxylation is 1. The maximum Gasteiger partial charge on any atom is 0.0447 e. The summed E-state index contributed by atoms with van der Waals surface area (Å²) in [5, 5.41) is 3.39. The summed E-state index contributed by atoms with van der Waals surface area (Å²) >= 11 is 3.54. The normalized spacial score (nSPS) is 12.5. The van der Waals surface area contributed by atoms with Crippen molar-refractivity contribution in [1.82, 2.24) is 5.32 Å². The number of nitrogens with one attached hydrogen (secondary N) is 1. The number of nitrogens with two attached hydrogens (primary N) is 1. The molecule has 1 rings (SSSR count). The van der Waals surface area contributed by atoms with Gasteiger partial charge in [0.05, 0.1) is 0 Å². The molecule has 2 nitrogen and oxygen atoms in total. The zero-order valence-electron chi connectivity index (χ0n) is 9.89.